The fourth-order valence-electron chi connectivity index (χ4n) is 2.72. The second-order valence-electron chi connectivity index (χ2n) is 5.02. The van der Waals surface area contributed by atoms with Crippen LogP contribution in [0.15, 0.2) is 0 Å². The van der Waals surface area contributed by atoms with Crippen LogP contribution in [0.1, 0.15) is 39.5 Å². The van der Waals surface area contributed by atoms with E-state index in [0.717, 1.165) is 25.4 Å². The molecule has 0 aliphatic heterocycles. The number of hydrogen-bond donors (Lipinski definition) is 2. The molecule has 0 amide bonds. The maximum Gasteiger partial charge on any atom is 0.0330 e. The van der Waals surface area contributed by atoms with Gasteiger partial charge in [-0.15, -0.1) is 12.3 Å². The van der Waals surface area contributed by atoms with Crippen LogP contribution in [0.2, 0.25) is 0 Å². The molecule has 0 aromatic carbocycles. The first-order chi connectivity index (χ1) is 7.14. The molecule has 0 bridgehead atoms. The average molecular weight is 208 g/mol. The third-order valence-corrected chi connectivity index (χ3v) is 3.89. The highest BCUT2D eigenvalue weighted by atomic mass is 15.0. The lowest BCUT2D eigenvalue weighted by Gasteiger charge is -2.45. The van der Waals surface area contributed by atoms with Crippen LogP contribution in [-0.2, 0) is 0 Å². The zero-order valence-corrected chi connectivity index (χ0v) is 10.1. The van der Waals surface area contributed by atoms with E-state index in [2.05, 4.69) is 25.1 Å². The number of hydrogen-bond acceptors (Lipinski definition) is 2. The minimum atomic E-state index is 0.142. The molecule has 0 heterocycles. The quantitative estimate of drug-likeness (QED) is 0.546. The first kappa shape index (κ1) is 12.5. The maximum atomic E-state index is 5.94. The topological polar surface area (TPSA) is 38.0 Å². The highest BCUT2D eigenvalue weighted by Gasteiger charge is 2.38. The Morgan fingerprint density at radius 3 is 2.80 bits per heavy atom. The van der Waals surface area contributed by atoms with E-state index < -0.39 is 0 Å². The monoisotopic (exact) mass is 208 g/mol. The van der Waals surface area contributed by atoms with E-state index in [4.69, 9.17) is 12.2 Å². The van der Waals surface area contributed by atoms with E-state index in [9.17, 15) is 0 Å². The van der Waals surface area contributed by atoms with Gasteiger partial charge in [0.15, 0.2) is 0 Å². The minimum Gasteiger partial charge on any atom is -0.329 e. The minimum absolute atomic E-state index is 0.142. The molecule has 15 heavy (non-hydrogen) atoms. The van der Waals surface area contributed by atoms with E-state index in [1.54, 1.807) is 0 Å². The molecule has 1 aliphatic carbocycles. The second kappa shape index (κ2) is 5.53. The van der Waals surface area contributed by atoms with Gasteiger partial charge in [-0.2, -0.15) is 0 Å². The molecule has 0 radical (unpaired) electrons. The molecule has 2 heteroatoms. The molecule has 1 rings (SSSR count). The summed E-state index contributed by atoms with van der Waals surface area (Å²) in [4.78, 5) is 0. The Hall–Kier alpha value is -0.520. The van der Waals surface area contributed by atoms with Gasteiger partial charge in [0.05, 0.1) is 0 Å². The molecule has 0 aromatic heterocycles. The standard InChI is InChI=1S/C13H24N2/c1-4-5-8-15-13(10-14)7-6-11(2)9-12(13)3/h1,11-12,15H,5-10,14H2,2-3H3. The van der Waals surface area contributed by atoms with Crippen molar-refractivity contribution in [3.8, 4) is 12.3 Å². The van der Waals surface area contributed by atoms with Gasteiger partial charge in [0.25, 0.3) is 0 Å². The highest BCUT2D eigenvalue weighted by Crippen LogP contribution is 2.36. The van der Waals surface area contributed by atoms with Crippen molar-refractivity contribution in [3.63, 3.8) is 0 Å². The Bertz CT molecular complexity index is 231. The predicted octanol–water partition coefficient (Wildman–Crippen LogP) is 1.75. The van der Waals surface area contributed by atoms with E-state index in [1.807, 2.05) is 0 Å². The summed E-state index contributed by atoms with van der Waals surface area (Å²) in [7, 11) is 0. The number of nitrogens with one attached hydrogen (secondary N) is 1. The summed E-state index contributed by atoms with van der Waals surface area (Å²) in [6, 6.07) is 0. The Labute approximate surface area is 94.0 Å². The maximum absolute atomic E-state index is 5.94. The van der Waals surface area contributed by atoms with Crippen LogP contribution in [0.5, 0.6) is 0 Å². The van der Waals surface area contributed by atoms with E-state index in [1.165, 1.54) is 19.3 Å². The number of terminal acetylenes is 1. The molecule has 3 atom stereocenters. The van der Waals surface area contributed by atoms with Crippen molar-refractivity contribution in [2.75, 3.05) is 13.1 Å². The summed E-state index contributed by atoms with van der Waals surface area (Å²) in [6.07, 6.45) is 9.81. The molecule has 3 unspecified atom stereocenters. The Morgan fingerprint density at radius 1 is 1.53 bits per heavy atom. The first-order valence-corrected chi connectivity index (χ1v) is 6.03. The van der Waals surface area contributed by atoms with Gasteiger partial charge in [-0.05, 0) is 31.1 Å². The third-order valence-electron chi connectivity index (χ3n) is 3.89. The van der Waals surface area contributed by atoms with Gasteiger partial charge >= 0.3 is 0 Å². The summed E-state index contributed by atoms with van der Waals surface area (Å²) in [5.41, 5.74) is 6.08. The van der Waals surface area contributed by atoms with Crippen molar-refractivity contribution in [3.05, 3.63) is 0 Å². The Morgan fingerprint density at radius 2 is 2.27 bits per heavy atom. The van der Waals surface area contributed by atoms with Gasteiger partial charge in [0.1, 0.15) is 0 Å². The lowest BCUT2D eigenvalue weighted by Crippen LogP contribution is -2.58. The van der Waals surface area contributed by atoms with Crippen LogP contribution in [0.25, 0.3) is 0 Å². The van der Waals surface area contributed by atoms with Crippen molar-refractivity contribution in [2.45, 2.75) is 45.1 Å². The smallest absolute Gasteiger partial charge is 0.0330 e. The largest absolute Gasteiger partial charge is 0.329 e. The average Bonchev–Trinajstić information content (AvgIpc) is 2.22. The predicted molar refractivity (Wildman–Crippen MR) is 65.4 cm³/mol. The molecule has 0 aromatic rings. The van der Waals surface area contributed by atoms with Crippen LogP contribution in [0.4, 0.5) is 0 Å². The van der Waals surface area contributed by atoms with Crippen molar-refractivity contribution in [1.29, 1.82) is 0 Å². The van der Waals surface area contributed by atoms with E-state index >= 15 is 0 Å². The molecular weight excluding hydrogens is 184 g/mol. The summed E-state index contributed by atoms with van der Waals surface area (Å²) < 4.78 is 0. The summed E-state index contributed by atoms with van der Waals surface area (Å²) >= 11 is 0. The molecule has 0 spiro atoms. The normalized spacial score (nSPS) is 36.1. The highest BCUT2D eigenvalue weighted by molar-refractivity contribution is 4.98. The van der Waals surface area contributed by atoms with E-state index in [-0.39, 0.29) is 5.54 Å². The molecule has 1 aliphatic rings. The van der Waals surface area contributed by atoms with Crippen molar-refractivity contribution < 1.29 is 0 Å². The zero-order chi connectivity index (χ0) is 11.3. The number of nitrogens with two attached hydrogens (primary N) is 1. The van der Waals surface area contributed by atoms with E-state index in [0.29, 0.717) is 5.92 Å². The molecule has 0 saturated heterocycles. The first-order valence-electron chi connectivity index (χ1n) is 6.03. The molecule has 1 saturated carbocycles. The molecular formula is C13H24N2. The van der Waals surface area contributed by atoms with Gasteiger partial charge in [-0.3, -0.25) is 0 Å². The lowest BCUT2D eigenvalue weighted by molar-refractivity contribution is 0.131. The fraction of sp³-hybridized carbons (Fsp3) is 0.846. The zero-order valence-electron chi connectivity index (χ0n) is 10.1. The molecule has 2 nitrogen and oxygen atoms in total. The number of rotatable bonds is 4. The van der Waals surface area contributed by atoms with Crippen LogP contribution in [0, 0.1) is 24.2 Å². The SMILES string of the molecule is C#CCCNC1(CN)CCC(C)CC1C. The fourth-order valence-corrected chi connectivity index (χ4v) is 2.72. The Balaban J connectivity index is 2.55. The van der Waals surface area contributed by atoms with Crippen LogP contribution in [0.3, 0.4) is 0 Å². The summed E-state index contributed by atoms with van der Waals surface area (Å²) in [5, 5.41) is 3.59. The van der Waals surface area contributed by atoms with Crippen molar-refractivity contribution in [1.82, 2.24) is 5.32 Å². The third kappa shape index (κ3) is 2.96. The molecule has 86 valence electrons. The van der Waals surface area contributed by atoms with Crippen molar-refractivity contribution in [2.24, 2.45) is 17.6 Å². The van der Waals surface area contributed by atoms with Crippen LogP contribution >= 0.6 is 0 Å². The van der Waals surface area contributed by atoms with Gasteiger partial charge in [0, 0.05) is 25.0 Å². The summed E-state index contributed by atoms with van der Waals surface area (Å²) in [5.74, 6) is 4.17. The Kier molecular flexibility index (Phi) is 4.63. The van der Waals surface area contributed by atoms with Gasteiger partial charge < -0.3 is 11.1 Å². The lowest BCUT2D eigenvalue weighted by atomic mass is 9.70. The van der Waals surface area contributed by atoms with Crippen LogP contribution < -0.4 is 11.1 Å². The molecule has 3 N–H and O–H groups in total. The molecule has 1 fully saturated rings. The summed E-state index contributed by atoms with van der Waals surface area (Å²) in [6.45, 7) is 6.27. The van der Waals surface area contributed by atoms with Gasteiger partial charge in [-0.1, -0.05) is 13.8 Å². The van der Waals surface area contributed by atoms with Crippen molar-refractivity contribution >= 4 is 0 Å². The van der Waals surface area contributed by atoms with Gasteiger partial charge in [-0.25, -0.2) is 0 Å². The second-order valence-corrected chi connectivity index (χ2v) is 5.02. The van der Waals surface area contributed by atoms with Gasteiger partial charge in [0.2, 0.25) is 0 Å². The van der Waals surface area contributed by atoms with Crippen LogP contribution in [-0.4, -0.2) is 18.6 Å².